The van der Waals surface area contributed by atoms with Gasteiger partial charge in [-0.15, -0.1) is 0 Å². The Morgan fingerprint density at radius 1 is 0.900 bits per heavy atom. The number of carbonyl (C=O) groups excluding carboxylic acids is 3. The van der Waals surface area contributed by atoms with Gasteiger partial charge in [0.2, 0.25) is 11.8 Å². The van der Waals surface area contributed by atoms with E-state index in [4.69, 9.17) is 0 Å². The molecule has 2 saturated heterocycles. The number of hydrogen-bond acceptors (Lipinski definition) is 4. The lowest BCUT2D eigenvalue weighted by Crippen LogP contribution is -2.76. The Balaban J connectivity index is 1.47. The fourth-order valence-electron chi connectivity index (χ4n) is 5.53. The Morgan fingerprint density at radius 2 is 1.55 bits per heavy atom. The highest BCUT2D eigenvalue weighted by Gasteiger charge is 2.51. The topological polar surface area (TPSA) is 76.2 Å². The average molecular weight is 652 g/mol. The molecule has 4 amide bonds. The lowest BCUT2D eigenvalue weighted by molar-refractivity contribution is -0.190. The second-order valence-corrected chi connectivity index (χ2v) is 10.9. The molecular weight excluding hydrogens is 617 g/mol. The third-order valence-corrected chi connectivity index (χ3v) is 8.36. The minimum absolute atomic E-state index is 0.0437. The minimum Gasteiger partial charge on any atom is -0.333 e. The van der Waals surface area contributed by atoms with Crippen molar-refractivity contribution < 1.29 is 14.4 Å². The third kappa shape index (κ3) is 6.15. The standard InChI is InChI=1S/C31H34IN5O3/c1-2-35-22-29(38)36-27(17-23-10-5-3-6-11-23)30(39)34(20-26-15-9-14-25(16-26)18-32)21-28(36)37(35)31(40)33-19-24-12-7-4-8-13-24/h3-16,27-28H,2,17-22H2,1H3,(H,33,40)/t27-,28-/m0/s1. The van der Waals surface area contributed by atoms with Crippen LogP contribution in [0.2, 0.25) is 0 Å². The molecule has 9 heteroatoms. The molecule has 208 valence electrons. The van der Waals surface area contributed by atoms with Gasteiger partial charge in [0.05, 0.1) is 13.1 Å². The van der Waals surface area contributed by atoms with Crippen molar-refractivity contribution in [3.63, 3.8) is 0 Å². The van der Waals surface area contributed by atoms with E-state index in [9.17, 15) is 14.4 Å². The van der Waals surface area contributed by atoms with Crippen molar-refractivity contribution >= 4 is 40.4 Å². The summed E-state index contributed by atoms with van der Waals surface area (Å²) in [6.45, 7) is 3.49. The Labute approximate surface area is 249 Å². The monoisotopic (exact) mass is 651 g/mol. The second-order valence-electron chi connectivity index (χ2n) is 10.1. The third-order valence-electron chi connectivity index (χ3n) is 7.48. The van der Waals surface area contributed by atoms with Crippen LogP contribution >= 0.6 is 22.6 Å². The summed E-state index contributed by atoms with van der Waals surface area (Å²) in [6.07, 6.45) is -0.228. The molecule has 5 rings (SSSR count). The summed E-state index contributed by atoms with van der Waals surface area (Å²) in [5.74, 6) is -0.234. The molecule has 0 saturated carbocycles. The van der Waals surface area contributed by atoms with E-state index in [0.29, 0.717) is 26.1 Å². The highest BCUT2D eigenvalue weighted by molar-refractivity contribution is 14.1. The molecule has 3 aromatic carbocycles. The Hall–Kier alpha value is -3.44. The van der Waals surface area contributed by atoms with Crippen LogP contribution in [0.25, 0.3) is 0 Å². The smallest absolute Gasteiger partial charge is 0.333 e. The zero-order chi connectivity index (χ0) is 28.1. The van der Waals surface area contributed by atoms with Crippen molar-refractivity contribution in [1.82, 2.24) is 25.1 Å². The predicted octanol–water partition coefficient (Wildman–Crippen LogP) is 4.19. The molecule has 2 aliphatic heterocycles. The maximum Gasteiger partial charge on any atom is 0.334 e. The molecule has 0 spiro atoms. The van der Waals surface area contributed by atoms with E-state index in [2.05, 4.69) is 40.0 Å². The molecule has 1 N–H and O–H groups in total. The van der Waals surface area contributed by atoms with Crippen LogP contribution in [-0.4, -0.2) is 69.5 Å². The summed E-state index contributed by atoms with van der Waals surface area (Å²) in [5.41, 5.74) is 4.18. The van der Waals surface area contributed by atoms with Crippen LogP contribution in [0.3, 0.4) is 0 Å². The number of carbonyl (C=O) groups is 3. The quantitative estimate of drug-likeness (QED) is 0.293. The number of amides is 4. The van der Waals surface area contributed by atoms with Crippen molar-refractivity contribution in [2.45, 2.75) is 43.1 Å². The molecule has 2 atom stereocenters. The molecule has 2 heterocycles. The molecule has 0 aromatic heterocycles. The molecule has 0 bridgehead atoms. The number of nitrogens with zero attached hydrogens (tertiary/aromatic N) is 4. The van der Waals surface area contributed by atoms with Crippen LogP contribution in [0.1, 0.15) is 29.2 Å². The fourth-order valence-corrected chi connectivity index (χ4v) is 6.00. The largest absolute Gasteiger partial charge is 0.334 e. The predicted molar refractivity (Wildman–Crippen MR) is 162 cm³/mol. The lowest BCUT2D eigenvalue weighted by Gasteiger charge is -2.55. The Bertz CT molecular complexity index is 1340. The van der Waals surface area contributed by atoms with E-state index < -0.39 is 12.2 Å². The first-order valence-electron chi connectivity index (χ1n) is 13.6. The van der Waals surface area contributed by atoms with E-state index in [1.807, 2.05) is 84.6 Å². The van der Waals surface area contributed by atoms with Crippen LogP contribution in [-0.2, 0) is 33.5 Å². The number of fused-ring (bicyclic) bond motifs is 1. The van der Waals surface area contributed by atoms with Crippen LogP contribution < -0.4 is 5.32 Å². The van der Waals surface area contributed by atoms with Gasteiger partial charge in [0, 0.05) is 30.5 Å². The van der Waals surface area contributed by atoms with Crippen LogP contribution in [0.4, 0.5) is 4.79 Å². The summed E-state index contributed by atoms with van der Waals surface area (Å²) >= 11 is 2.33. The molecule has 8 nitrogen and oxygen atoms in total. The van der Waals surface area contributed by atoms with Gasteiger partial charge < -0.3 is 15.1 Å². The van der Waals surface area contributed by atoms with E-state index in [1.54, 1.807) is 14.9 Å². The van der Waals surface area contributed by atoms with Gasteiger partial charge in [-0.25, -0.2) is 14.8 Å². The molecular formula is C31H34IN5O3. The van der Waals surface area contributed by atoms with Gasteiger partial charge in [0.15, 0.2) is 0 Å². The van der Waals surface area contributed by atoms with E-state index in [0.717, 1.165) is 21.1 Å². The average Bonchev–Trinajstić information content (AvgIpc) is 2.99. The van der Waals surface area contributed by atoms with Crippen molar-refractivity contribution in [3.05, 3.63) is 107 Å². The van der Waals surface area contributed by atoms with Gasteiger partial charge in [0.1, 0.15) is 12.2 Å². The highest BCUT2D eigenvalue weighted by Crippen LogP contribution is 2.29. The van der Waals surface area contributed by atoms with Gasteiger partial charge in [0.25, 0.3) is 0 Å². The minimum atomic E-state index is -0.704. The first-order chi connectivity index (χ1) is 19.5. The SMILES string of the molecule is CCN1CC(=O)N2[C@@H](Cc3ccccc3)C(=O)N(Cc3cccc(CI)c3)C[C@@H]2N1C(=O)NCc1ccccc1. The first-order valence-corrected chi connectivity index (χ1v) is 15.1. The summed E-state index contributed by atoms with van der Waals surface area (Å²) in [7, 11) is 0. The van der Waals surface area contributed by atoms with E-state index >= 15 is 0 Å². The van der Waals surface area contributed by atoms with E-state index in [-0.39, 0.29) is 30.9 Å². The number of hydrogen-bond donors (Lipinski definition) is 1. The van der Waals surface area contributed by atoms with Gasteiger partial charge in [-0.3, -0.25) is 9.59 Å². The maximum atomic E-state index is 14.0. The molecule has 3 aromatic rings. The summed E-state index contributed by atoms with van der Waals surface area (Å²) in [6, 6.07) is 26.7. The lowest BCUT2D eigenvalue weighted by atomic mass is 9.98. The number of piperazine rings is 1. The molecule has 0 unspecified atom stereocenters. The molecule has 40 heavy (non-hydrogen) atoms. The van der Waals surface area contributed by atoms with E-state index in [1.165, 1.54) is 5.56 Å². The zero-order valence-corrected chi connectivity index (χ0v) is 24.7. The summed E-state index contributed by atoms with van der Waals surface area (Å²) in [4.78, 5) is 44.8. The normalized spacial score (nSPS) is 19.5. The Kier molecular flexibility index (Phi) is 9.01. The number of urea groups is 1. The number of halogens is 1. The molecule has 2 fully saturated rings. The second kappa shape index (κ2) is 12.8. The number of rotatable bonds is 8. The van der Waals surface area contributed by atoms with Gasteiger partial charge in [-0.2, -0.15) is 0 Å². The van der Waals surface area contributed by atoms with Gasteiger partial charge in [-0.05, 0) is 22.3 Å². The van der Waals surface area contributed by atoms with Crippen molar-refractivity contribution in [2.75, 3.05) is 19.6 Å². The van der Waals surface area contributed by atoms with Crippen molar-refractivity contribution in [1.29, 1.82) is 0 Å². The fraction of sp³-hybridized carbons (Fsp3) is 0.323. The number of benzene rings is 3. The molecule has 2 aliphatic rings. The Morgan fingerprint density at radius 3 is 2.23 bits per heavy atom. The molecule has 0 aliphatic carbocycles. The summed E-state index contributed by atoms with van der Waals surface area (Å²) < 4.78 is 0.877. The number of nitrogens with one attached hydrogen (secondary N) is 1. The maximum absolute atomic E-state index is 14.0. The molecule has 0 radical (unpaired) electrons. The highest BCUT2D eigenvalue weighted by atomic mass is 127. The number of alkyl halides is 1. The summed E-state index contributed by atoms with van der Waals surface area (Å²) in [5, 5.41) is 6.48. The van der Waals surface area contributed by atoms with Crippen LogP contribution in [0.15, 0.2) is 84.9 Å². The van der Waals surface area contributed by atoms with Crippen LogP contribution in [0, 0.1) is 0 Å². The van der Waals surface area contributed by atoms with Crippen molar-refractivity contribution in [3.8, 4) is 0 Å². The van der Waals surface area contributed by atoms with Crippen molar-refractivity contribution in [2.24, 2.45) is 0 Å². The first kappa shape index (κ1) is 28.1. The zero-order valence-electron chi connectivity index (χ0n) is 22.6. The number of hydrazine groups is 1. The van der Waals surface area contributed by atoms with Gasteiger partial charge >= 0.3 is 6.03 Å². The van der Waals surface area contributed by atoms with Gasteiger partial charge in [-0.1, -0.05) is 114 Å². The van der Waals surface area contributed by atoms with Crippen LogP contribution in [0.5, 0.6) is 0 Å². The number of likely N-dealkylation sites (N-methyl/N-ethyl adjacent to an activating group) is 1.